The van der Waals surface area contributed by atoms with Crippen LogP contribution < -0.4 is 5.32 Å². The van der Waals surface area contributed by atoms with Gasteiger partial charge in [0.15, 0.2) is 0 Å². The lowest BCUT2D eigenvalue weighted by Gasteiger charge is -2.21. The van der Waals surface area contributed by atoms with E-state index in [4.69, 9.17) is 10.5 Å². The molecule has 1 rings (SSSR count). The minimum Gasteiger partial charge on any atom is -0.356 e. The van der Waals surface area contributed by atoms with Gasteiger partial charge in [0, 0.05) is 0 Å². The van der Waals surface area contributed by atoms with E-state index >= 15 is 0 Å². The highest BCUT2D eigenvalue weighted by molar-refractivity contribution is 5.36. The molecule has 0 radical (unpaired) electrons. The molecular formula is C8H7N3. The summed E-state index contributed by atoms with van der Waals surface area (Å²) < 4.78 is 0. The van der Waals surface area contributed by atoms with Gasteiger partial charge in [-0.3, -0.25) is 0 Å². The van der Waals surface area contributed by atoms with Gasteiger partial charge in [-0.2, -0.15) is 10.5 Å². The summed E-state index contributed by atoms with van der Waals surface area (Å²) in [6, 6.07) is 4.00. The van der Waals surface area contributed by atoms with E-state index in [-0.39, 0.29) is 0 Å². The molecule has 1 unspecified atom stereocenters. The third-order valence-corrected chi connectivity index (χ3v) is 1.44. The lowest BCUT2D eigenvalue weighted by atomic mass is 10.0. The van der Waals surface area contributed by atoms with E-state index in [1.165, 1.54) is 0 Å². The van der Waals surface area contributed by atoms with Crippen LogP contribution in [-0.2, 0) is 0 Å². The van der Waals surface area contributed by atoms with Crippen LogP contribution in [0.25, 0.3) is 0 Å². The Morgan fingerprint density at radius 2 is 2.27 bits per heavy atom. The highest BCUT2D eigenvalue weighted by Crippen LogP contribution is 2.11. The van der Waals surface area contributed by atoms with Gasteiger partial charge in [0.05, 0.1) is 6.07 Å². The molecule has 1 N–H and O–H groups in total. The van der Waals surface area contributed by atoms with E-state index in [1.807, 2.05) is 6.07 Å². The van der Waals surface area contributed by atoms with Gasteiger partial charge in [-0.05, 0) is 19.1 Å². The van der Waals surface area contributed by atoms with Gasteiger partial charge in [0.1, 0.15) is 17.3 Å². The first-order chi connectivity index (χ1) is 5.20. The SMILES string of the molecule is CC1(C#N)C=CC=C(C#N)N1. The molecular weight excluding hydrogens is 138 g/mol. The molecule has 1 aliphatic rings. The molecule has 0 spiro atoms. The van der Waals surface area contributed by atoms with Crippen molar-refractivity contribution >= 4 is 0 Å². The van der Waals surface area contributed by atoms with E-state index in [0.29, 0.717) is 5.70 Å². The Balaban J connectivity index is 2.89. The predicted octanol–water partition coefficient (Wildman–Crippen LogP) is 0.836. The smallest absolute Gasteiger partial charge is 0.142 e. The van der Waals surface area contributed by atoms with Crippen molar-refractivity contribution < 1.29 is 0 Å². The zero-order chi connectivity index (χ0) is 8.32. The number of hydrogen-bond acceptors (Lipinski definition) is 3. The van der Waals surface area contributed by atoms with E-state index in [1.54, 1.807) is 25.2 Å². The molecule has 0 aliphatic carbocycles. The Morgan fingerprint density at radius 1 is 1.55 bits per heavy atom. The van der Waals surface area contributed by atoms with Crippen LogP contribution in [-0.4, -0.2) is 5.54 Å². The van der Waals surface area contributed by atoms with Crippen molar-refractivity contribution in [3.63, 3.8) is 0 Å². The molecule has 54 valence electrons. The van der Waals surface area contributed by atoms with Gasteiger partial charge in [-0.25, -0.2) is 0 Å². The van der Waals surface area contributed by atoms with E-state index in [0.717, 1.165) is 0 Å². The quantitative estimate of drug-likeness (QED) is 0.549. The van der Waals surface area contributed by atoms with Crippen molar-refractivity contribution in [2.24, 2.45) is 0 Å². The molecule has 3 nitrogen and oxygen atoms in total. The molecule has 1 aliphatic heterocycles. The van der Waals surface area contributed by atoms with Gasteiger partial charge in [0.25, 0.3) is 0 Å². The van der Waals surface area contributed by atoms with Crippen LogP contribution in [0.1, 0.15) is 6.92 Å². The van der Waals surface area contributed by atoms with Crippen LogP contribution in [0.2, 0.25) is 0 Å². The Bertz CT molecular complexity index is 300. The molecule has 1 heterocycles. The third kappa shape index (κ3) is 1.39. The summed E-state index contributed by atoms with van der Waals surface area (Å²) in [5, 5.41) is 19.9. The first kappa shape index (κ1) is 7.37. The summed E-state index contributed by atoms with van der Waals surface area (Å²) in [5.74, 6) is 0. The molecule has 0 saturated heterocycles. The molecule has 0 fully saturated rings. The summed E-state index contributed by atoms with van der Waals surface area (Å²) in [6.45, 7) is 1.72. The van der Waals surface area contributed by atoms with Crippen LogP contribution in [0.4, 0.5) is 0 Å². The lowest BCUT2D eigenvalue weighted by molar-refractivity contribution is 0.608. The number of allylic oxidation sites excluding steroid dienone is 3. The first-order valence-corrected chi connectivity index (χ1v) is 3.19. The highest BCUT2D eigenvalue weighted by Gasteiger charge is 2.22. The Morgan fingerprint density at radius 3 is 2.82 bits per heavy atom. The number of nitrogens with zero attached hydrogens (tertiary/aromatic N) is 2. The molecule has 0 bridgehead atoms. The summed E-state index contributed by atoms with van der Waals surface area (Å²) in [4.78, 5) is 0. The Hall–Kier alpha value is -1.74. The van der Waals surface area contributed by atoms with Crippen molar-refractivity contribution in [2.75, 3.05) is 0 Å². The molecule has 0 saturated carbocycles. The third-order valence-electron chi connectivity index (χ3n) is 1.44. The molecule has 0 aromatic rings. The largest absolute Gasteiger partial charge is 0.356 e. The van der Waals surface area contributed by atoms with E-state index in [2.05, 4.69) is 11.4 Å². The Labute approximate surface area is 65.2 Å². The average Bonchev–Trinajstić information content (AvgIpc) is 2.05. The fourth-order valence-electron chi connectivity index (χ4n) is 0.830. The van der Waals surface area contributed by atoms with Crippen LogP contribution >= 0.6 is 0 Å². The maximum Gasteiger partial charge on any atom is 0.142 e. The maximum atomic E-state index is 8.66. The fraction of sp³-hybridized carbons (Fsp3) is 0.250. The lowest BCUT2D eigenvalue weighted by Crippen LogP contribution is -2.39. The minimum atomic E-state index is -0.722. The molecule has 0 aromatic carbocycles. The van der Waals surface area contributed by atoms with Crippen molar-refractivity contribution in [2.45, 2.75) is 12.5 Å². The van der Waals surface area contributed by atoms with Gasteiger partial charge >= 0.3 is 0 Å². The Kier molecular flexibility index (Phi) is 1.66. The summed E-state index contributed by atoms with van der Waals surface area (Å²) in [6.07, 6.45) is 5.06. The maximum absolute atomic E-state index is 8.66. The van der Waals surface area contributed by atoms with Crippen LogP contribution in [0.3, 0.4) is 0 Å². The van der Waals surface area contributed by atoms with Crippen molar-refractivity contribution in [3.05, 3.63) is 23.9 Å². The van der Waals surface area contributed by atoms with Crippen LogP contribution in [0, 0.1) is 22.7 Å². The second-order valence-corrected chi connectivity index (χ2v) is 2.49. The normalized spacial score (nSPS) is 27.7. The summed E-state index contributed by atoms with van der Waals surface area (Å²) in [7, 11) is 0. The van der Waals surface area contributed by atoms with Gasteiger partial charge < -0.3 is 5.32 Å². The van der Waals surface area contributed by atoms with E-state index in [9.17, 15) is 0 Å². The van der Waals surface area contributed by atoms with Gasteiger partial charge in [-0.1, -0.05) is 6.08 Å². The predicted molar refractivity (Wildman–Crippen MR) is 40.0 cm³/mol. The average molecular weight is 145 g/mol. The highest BCUT2D eigenvalue weighted by atomic mass is 15.0. The number of nitrogens with one attached hydrogen (secondary N) is 1. The standard InChI is InChI=1S/C8H7N3/c1-8(6-10)4-2-3-7(5-9)11-8/h2-4,11H,1H3. The minimum absolute atomic E-state index is 0.427. The molecule has 0 aromatic heterocycles. The fourth-order valence-corrected chi connectivity index (χ4v) is 0.830. The topological polar surface area (TPSA) is 59.6 Å². The second-order valence-electron chi connectivity index (χ2n) is 2.49. The number of dihydropyridines is 1. The van der Waals surface area contributed by atoms with Crippen LogP contribution in [0.5, 0.6) is 0 Å². The zero-order valence-electron chi connectivity index (χ0n) is 6.13. The monoisotopic (exact) mass is 145 g/mol. The van der Waals surface area contributed by atoms with Gasteiger partial charge in [0.2, 0.25) is 0 Å². The van der Waals surface area contributed by atoms with Crippen molar-refractivity contribution in [1.29, 1.82) is 10.5 Å². The second kappa shape index (κ2) is 2.48. The summed E-state index contributed by atoms with van der Waals surface area (Å²) >= 11 is 0. The van der Waals surface area contributed by atoms with Crippen LogP contribution in [0.15, 0.2) is 23.9 Å². The number of rotatable bonds is 0. The van der Waals surface area contributed by atoms with E-state index < -0.39 is 5.54 Å². The molecule has 3 heteroatoms. The van der Waals surface area contributed by atoms with Crippen molar-refractivity contribution in [1.82, 2.24) is 5.32 Å². The molecule has 11 heavy (non-hydrogen) atoms. The van der Waals surface area contributed by atoms with Crippen molar-refractivity contribution in [3.8, 4) is 12.1 Å². The number of nitriles is 2. The first-order valence-electron chi connectivity index (χ1n) is 3.19. The molecule has 1 atom stereocenters. The molecule has 0 amide bonds. The number of hydrogen-bond donors (Lipinski definition) is 1. The van der Waals surface area contributed by atoms with Gasteiger partial charge in [-0.15, -0.1) is 0 Å². The summed E-state index contributed by atoms with van der Waals surface area (Å²) in [5.41, 5.74) is -0.295. The zero-order valence-corrected chi connectivity index (χ0v) is 6.13.